The highest BCUT2D eigenvalue weighted by Gasteiger charge is 2.46. The maximum Gasteiger partial charge on any atom is 0.108 e. The molecule has 4 bridgehead atoms. The summed E-state index contributed by atoms with van der Waals surface area (Å²) >= 11 is 8.66. The Bertz CT molecular complexity index is 642. The lowest BCUT2D eigenvalue weighted by Crippen LogP contribution is -2.42. The van der Waals surface area contributed by atoms with Crippen LogP contribution in [0.3, 0.4) is 0 Å². The van der Waals surface area contributed by atoms with Crippen molar-refractivity contribution in [1.82, 2.24) is 4.90 Å². The van der Waals surface area contributed by atoms with Crippen LogP contribution in [0.2, 0.25) is 5.02 Å². The number of halogens is 2. The second-order valence-corrected chi connectivity index (χ2v) is 8.84. The molecule has 4 heteroatoms. The minimum Gasteiger partial charge on any atom is -0.352 e. The number of aliphatic imine (C=N–C) groups is 1. The van der Waals surface area contributed by atoms with Crippen LogP contribution in [-0.2, 0) is 6.54 Å². The number of hydrogen-bond donors (Lipinski definition) is 0. The zero-order valence-corrected chi connectivity index (χ0v) is 14.8. The van der Waals surface area contributed by atoms with Crippen molar-refractivity contribution < 1.29 is 0 Å². The molecule has 1 aromatic carbocycles. The first kappa shape index (κ1) is 13.2. The summed E-state index contributed by atoms with van der Waals surface area (Å²) in [6.07, 6.45) is 7.01. The number of benzene rings is 1. The third kappa shape index (κ3) is 1.99. The summed E-state index contributed by atoms with van der Waals surface area (Å²) in [4.78, 5) is 7.76. The Kier molecular flexibility index (Phi) is 2.89. The topological polar surface area (TPSA) is 15.6 Å². The number of nitrogens with zero attached hydrogens (tertiary/aromatic N) is 2. The van der Waals surface area contributed by atoms with Gasteiger partial charge in [0.1, 0.15) is 5.84 Å². The standard InChI is InChI=1S/C17H18ClIN2/c18-12-6-15(19)14-8-21-13-4-9-1-10(5-13)3-11(2-9)17(21)20-16(14)7-12/h6-7,9-11,13H,1-5,8H2/t9-,10-,11?,13?/m0/s1. The molecule has 0 unspecified atom stereocenters. The third-order valence-corrected chi connectivity index (χ3v) is 7.09. The summed E-state index contributed by atoms with van der Waals surface area (Å²) in [5, 5.41) is 0.815. The normalized spacial score (nSPS) is 36.1. The first-order chi connectivity index (χ1) is 10.2. The van der Waals surface area contributed by atoms with Crippen molar-refractivity contribution in [3.8, 4) is 0 Å². The smallest absolute Gasteiger partial charge is 0.108 e. The molecule has 2 atom stereocenters. The molecule has 0 amide bonds. The molecule has 1 aromatic rings. The average molecular weight is 413 g/mol. The van der Waals surface area contributed by atoms with Gasteiger partial charge in [-0.15, -0.1) is 0 Å². The van der Waals surface area contributed by atoms with Gasteiger partial charge in [0.15, 0.2) is 0 Å². The molecular formula is C17H18ClIN2. The molecule has 6 rings (SSSR count). The third-order valence-electron chi connectivity index (χ3n) is 5.91. The Hall–Kier alpha value is -0.290. The number of rotatable bonds is 0. The molecule has 2 nitrogen and oxygen atoms in total. The molecule has 4 fully saturated rings. The second kappa shape index (κ2) is 4.60. The van der Waals surface area contributed by atoms with Crippen molar-refractivity contribution in [2.45, 2.75) is 44.7 Å². The van der Waals surface area contributed by atoms with Gasteiger partial charge in [-0.05, 0) is 78.7 Å². The van der Waals surface area contributed by atoms with Crippen LogP contribution in [0.15, 0.2) is 17.1 Å². The summed E-state index contributed by atoms with van der Waals surface area (Å²) < 4.78 is 1.27. The summed E-state index contributed by atoms with van der Waals surface area (Å²) in [7, 11) is 0. The van der Waals surface area contributed by atoms with E-state index in [1.807, 2.05) is 0 Å². The minimum atomic E-state index is 0.700. The van der Waals surface area contributed by atoms with Crippen molar-refractivity contribution in [2.75, 3.05) is 0 Å². The Morgan fingerprint density at radius 2 is 1.86 bits per heavy atom. The van der Waals surface area contributed by atoms with Crippen molar-refractivity contribution in [1.29, 1.82) is 0 Å². The average Bonchev–Trinajstić information content (AvgIpc) is 2.59. The summed E-state index contributed by atoms with van der Waals surface area (Å²) in [5.74, 6) is 3.99. The van der Waals surface area contributed by atoms with E-state index in [0.717, 1.165) is 35.1 Å². The van der Waals surface area contributed by atoms with Crippen LogP contribution in [0.4, 0.5) is 5.69 Å². The van der Waals surface area contributed by atoms with Gasteiger partial charge in [-0.3, -0.25) is 0 Å². The van der Waals surface area contributed by atoms with Crippen LogP contribution >= 0.6 is 34.2 Å². The molecule has 21 heavy (non-hydrogen) atoms. The molecule has 5 aliphatic rings. The maximum atomic E-state index is 6.24. The van der Waals surface area contributed by atoms with E-state index in [2.05, 4.69) is 39.6 Å². The molecule has 3 aliphatic heterocycles. The predicted octanol–water partition coefficient (Wildman–Crippen LogP) is 5.00. The maximum absolute atomic E-state index is 6.24. The summed E-state index contributed by atoms with van der Waals surface area (Å²) in [6.45, 7) is 1.05. The van der Waals surface area contributed by atoms with Crippen LogP contribution in [-0.4, -0.2) is 16.8 Å². The van der Waals surface area contributed by atoms with Gasteiger partial charge in [-0.25, -0.2) is 4.99 Å². The zero-order chi connectivity index (χ0) is 14.1. The molecule has 2 saturated carbocycles. The van der Waals surface area contributed by atoms with E-state index < -0.39 is 0 Å². The van der Waals surface area contributed by atoms with Gasteiger partial charge in [0.25, 0.3) is 0 Å². The zero-order valence-electron chi connectivity index (χ0n) is 11.9. The van der Waals surface area contributed by atoms with Crippen LogP contribution < -0.4 is 0 Å². The van der Waals surface area contributed by atoms with Gasteiger partial charge in [0.2, 0.25) is 0 Å². The number of hydrogen-bond acceptors (Lipinski definition) is 2. The molecule has 0 aromatic heterocycles. The quantitative estimate of drug-likeness (QED) is 0.548. The Morgan fingerprint density at radius 3 is 2.62 bits per heavy atom. The molecule has 2 saturated heterocycles. The van der Waals surface area contributed by atoms with E-state index in [1.165, 1.54) is 47.1 Å². The highest BCUT2D eigenvalue weighted by atomic mass is 127. The Morgan fingerprint density at radius 1 is 1.10 bits per heavy atom. The van der Waals surface area contributed by atoms with Crippen molar-refractivity contribution >= 4 is 45.7 Å². The van der Waals surface area contributed by atoms with Gasteiger partial charge >= 0.3 is 0 Å². The fourth-order valence-electron chi connectivity index (χ4n) is 5.21. The van der Waals surface area contributed by atoms with Gasteiger partial charge in [-0.2, -0.15) is 0 Å². The molecule has 0 N–H and O–H groups in total. The Balaban J connectivity index is 1.66. The fraction of sp³-hybridized carbons (Fsp3) is 0.588. The van der Waals surface area contributed by atoms with Crippen LogP contribution in [0, 0.1) is 21.3 Å². The van der Waals surface area contributed by atoms with E-state index in [4.69, 9.17) is 16.6 Å². The molecular weight excluding hydrogens is 395 g/mol. The number of fused-ring (bicyclic) bond motifs is 1. The van der Waals surface area contributed by atoms with E-state index >= 15 is 0 Å². The van der Waals surface area contributed by atoms with E-state index in [9.17, 15) is 0 Å². The largest absolute Gasteiger partial charge is 0.352 e. The van der Waals surface area contributed by atoms with Crippen LogP contribution in [0.5, 0.6) is 0 Å². The van der Waals surface area contributed by atoms with Crippen molar-refractivity contribution in [3.63, 3.8) is 0 Å². The predicted molar refractivity (Wildman–Crippen MR) is 94.2 cm³/mol. The molecule has 0 radical (unpaired) electrons. The van der Waals surface area contributed by atoms with Crippen molar-refractivity contribution in [2.24, 2.45) is 22.7 Å². The van der Waals surface area contributed by atoms with Gasteiger partial charge < -0.3 is 4.90 Å². The number of amidine groups is 1. The molecule has 0 spiro atoms. The van der Waals surface area contributed by atoms with Crippen LogP contribution in [0.25, 0.3) is 0 Å². The molecule has 3 heterocycles. The monoisotopic (exact) mass is 412 g/mol. The van der Waals surface area contributed by atoms with Crippen molar-refractivity contribution in [3.05, 3.63) is 26.3 Å². The fourth-order valence-corrected chi connectivity index (χ4v) is 6.39. The summed E-state index contributed by atoms with van der Waals surface area (Å²) in [5.41, 5.74) is 2.50. The van der Waals surface area contributed by atoms with Gasteiger partial charge in [0, 0.05) is 32.7 Å². The highest BCUT2D eigenvalue weighted by molar-refractivity contribution is 14.1. The molecule has 110 valence electrons. The van der Waals surface area contributed by atoms with Crippen LogP contribution in [0.1, 0.15) is 37.7 Å². The van der Waals surface area contributed by atoms with E-state index in [-0.39, 0.29) is 0 Å². The first-order valence-electron chi connectivity index (χ1n) is 8.00. The van der Waals surface area contributed by atoms with Gasteiger partial charge in [0.05, 0.1) is 5.69 Å². The van der Waals surface area contributed by atoms with E-state index in [1.54, 1.807) is 0 Å². The van der Waals surface area contributed by atoms with E-state index in [0.29, 0.717) is 5.92 Å². The Labute approximate surface area is 144 Å². The molecule has 2 aliphatic carbocycles. The lowest BCUT2D eigenvalue weighted by Gasteiger charge is -2.39. The minimum absolute atomic E-state index is 0.700. The SMILES string of the molecule is Clc1cc(I)c2c(c1)N=C1C3C[C@H]4CC(C[C@H](C3)C4)N1C2. The van der Waals surface area contributed by atoms with Gasteiger partial charge in [-0.1, -0.05) is 11.6 Å². The lowest BCUT2D eigenvalue weighted by molar-refractivity contribution is 0.128. The highest BCUT2D eigenvalue weighted by Crippen LogP contribution is 2.50. The lowest BCUT2D eigenvalue weighted by atomic mass is 9.68. The first-order valence-corrected chi connectivity index (χ1v) is 9.46. The second-order valence-electron chi connectivity index (χ2n) is 7.24. The summed E-state index contributed by atoms with van der Waals surface area (Å²) in [6, 6.07) is 4.86.